The van der Waals surface area contributed by atoms with Crippen molar-refractivity contribution in [1.29, 1.82) is 0 Å². The van der Waals surface area contributed by atoms with Crippen LogP contribution in [0.25, 0.3) is 5.69 Å². The predicted molar refractivity (Wildman–Crippen MR) is 74.6 cm³/mol. The molecule has 5 nitrogen and oxygen atoms in total. The summed E-state index contributed by atoms with van der Waals surface area (Å²) in [6.45, 7) is 1.61. The lowest BCUT2D eigenvalue weighted by Gasteiger charge is -2.15. The monoisotopic (exact) mass is 291 g/mol. The molecule has 0 radical (unpaired) electrons. The summed E-state index contributed by atoms with van der Waals surface area (Å²) in [5.74, 6) is -0.838. The van der Waals surface area contributed by atoms with Gasteiger partial charge in [-0.25, -0.2) is 9.18 Å². The number of ether oxygens (including phenoxy) is 2. The summed E-state index contributed by atoms with van der Waals surface area (Å²) in [7, 11) is 2.64. The Bertz CT molecular complexity index is 752. The first-order chi connectivity index (χ1) is 9.99. The third kappa shape index (κ3) is 2.65. The number of benzene rings is 1. The van der Waals surface area contributed by atoms with Crippen LogP contribution in [0.3, 0.4) is 0 Å². The number of hydrogen-bond acceptors (Lipinski definition) is 4. The second-order valence-corrected chi connectivity index (χ2v) is 4.31. The Morgan fingerprint density at radius 2 is 1.90 bits per heavy atom. The van der Waals surface area contributed by atoms with Crippen molar-refractivity contribution in [2.45, 2.75) is 6.92 Å². The maximum Gasteiger partial charge on any atom is 0.339 e. The fourth-order valence-corrected chi connectivity index (χ4v) is 2.10. The molecule has 1 aromatic carbocycles. The summed E-state index contributed by atoms with van der Waals surface area (Å²) >= 11 is 0. The molecule has 0 saturated carbocycles. The summed E-state index contributed by atoms with van der Waals surface area (Å²) in [5, 5.41) is 0. The maximum absolute atomic E-state index is 13.3. The van der Waals surface area contributed by atoms with Gasteiger partial charge in [0.1, 0.15) is 11.6 Å². The molecular formula is C15H14FNO4. The first-order valence-electron chi connectivity index (χ1n) is 6.14. The van der Waals surface area contributed by atoms with Crippen molar-refractivity contribution in [3.63, 3.8) is 0 Å². The highest BCUT2D eigenvalue weighted by Gasteiger charge is 2.17. The highest BCUT2D eigenvalue weighted by Crippen LogP contribution is 2.24. The molecule has 1 aromatic heterocycles. The largest absolute Gasteiger partial charge is 0.494 e. The average molecular weight is 291 g/mol. The van der Waals surface area contributed by atoms with Crippen LogP contribution in [0.1, 0.15) is 16.1 Å². The van der Waals surface area contributed by atoms with Gasteiger partial charge in [-0.3, -0.25) is 9.36 Å². The minimum atomic E-state index is -0.553. The summed E-state index contributed by atoms with van der Waals surface area (Å²) in [6, 6.07) is 6.46. The number of rotatable bonds is 3. The van der Waals surface area contributed by atoms with E-state index < -0.39 is 11.8 Å². The molecule has 0 aliphatic heterocycles. The molecule has 0 atom stereocenters. The highest BCUT2D eigenvalue weighted by molar-refractivity contribution is 5.90. The van der Waals surface area contributed by atoms with Crippen molar-refractivity contribution in [1.82, 2.24) is 4.57 Å². The number of pyridine rings is 1. The van der Waals surface area contributed by atoms with Gasteiger partial charge in [-0.15, -0.1) is 0 Å². The van der Waals surface area contributed by atoms with Crippen molar-refractivity contribution >= 4 is 5.97 Å². The topological polar surface area (TPSA) is 57.5 Å². The fraction of sp³-hybridized carbons (Fsp3) is 0.200. The molecule has 0 saturated heterocycles. The SMILES string of the molecule is COC(=O)c1ccc(=O)n(-c2ccc(F)cc2OC)c1C. The van der Waals surface area contributed by atoms with Gasteiger partial charge in [0.15, 0.2) is 0 Å². The van der Waals surface area contributed by atoms with Crippen LogP contribution in [0.2, 0.25) is 0 Å². The van der Waals surface area contributed by atoms with Gasteiger partial charge in [-0.2, -0.15) is 0 Å². The zero-order valence-corrected chi connectivity index (χ0v) is 11.8. The Kier molecular flexibility index (Phi) is 4.07. The molecule has 0 fully saturated rings. The lowest BCUT2D eigenvalue weighted by molar-refractivity contribution is 0.0599. The molecule has 2 rings (SSSR count). The minimum Gasteiger partial charge on any atom is -0.494 e. The summed E-state index contributed by atoms with van der Waals surface area (Å²) in [4.78, 5) is 23.8. The van der Waals surface area contributed by atoms with Gasteiger partial charge in [0.2, 0.25) is 0 Å². The van der Waals surface area contributed by atoms with Crippen LogP contribution in [0.15, 0.2) is 35.1 Å². The van der Waals surface area contributed by atoms with Gasteiger partial charge in [-0.05, 0) is 25.1 Å². The van der Waals surface area contributed by atoms with Crippen molar-refractivity contribution in [2.24, 2.45) is 0 Å². The molecule has 0 aliphatic rings. The molecule has 6 heteroatoms. The Hall–Kier alpha value is -2.63. The first kappa shape index (κ1) is 14.8. The van der Waals surface area contributed by atoms with E-state index in [-0.39, 0.29) is 16.9 Å². The minimum absolute atomic E-state index is 0.196. The van der Waals surface area contributed by atoms with E-state index in [1.807, 2.05) is 0 Å². The van der Waals surface area contributed by atoms with Crippen LogP contribution in [0.5, 0.6) is 5.75 Å². The van der Waals surface area contributed by atoms with Crippen LogP contribution in [-0.4, -0.2) is 24.8 Å². The number of nitrogens with zero attached hydrogens (tertiary/aromatic N) is 1. The molecule has 0 unspecified atom stereocenters. The molecule has 21 heavy (non-hydrogen) atoms. The standard InChI is InChI=1S/C15H14FNO4/c1-9-11(15(19)21-3)5-7-14(18)17(9)12-6-4-10(16)8-13(12)20-2/h4-8H,1-3H3. The van der Waals surface area contributed by atoms with E-state index in [9.17, 15) is 14.0 Å². The molecule has 0 spiro atoms. The third-order valence-electron chi connectivity index (χ3n) is 3.13. The van der Waals surface area contributed by atoms with Crippen LogP contribution < -0.4 is 10.3 Å². The number of halogens is 1. The van der Waals surface area contributed by atoms with Gasteiger partial charge < -0.3 is 9.47 Å². The molecule has 0 N–H and O–H groups in total. The number of esters is 1. The Balaban J connectivity index is 2.75. The van der Waals surface area contributed by atoms with Crippen molar-refractivity contribution in [3.8, 4) is 11.4 Å². The average Bonchev–Trinajstić information content (AvgIpc) is 2.47. The van der Waals surface area contributed by atoms with Gasteiger partial charge in [-0.1, -0.05) is 0 Å². The second kappa shape index (κ2) is 5.78. The zero-order chi connectivity index (χ0) is 15.6. The number of hydrogen-bond donors (Lipinski definition) is 0. The molecule has 110 valence electrons. The predicted octanol–water partition coefficient (Wildman–Crippen LogP) is 2.08. The van der Waals surface area contributed by atoms with Crippen molar-refractivity contribution in [2.75, 3.05) is 14.2 Å². The van der Waals surface area contributed by atoms with Gasteiger partial charge in [0.05, 0.1) is 25.5 Å². The van der Waals surface area contributed by atoms with E-state index in [0.717, 1.165) is 0 Å². The third-order valence-corrected chi connectivity index (χ3v) is 3.13. The highest BCUT2D eigenvalue weighted by atomic mass is 19.1. The number of aromatic nitrogens is 1. The normalized spacial score (nSPS) is 10.3. The van der Waals surface area contributed by atoms with Crippen LogP contribution in [0.4, 0.5) is 4.39 Å². The smallest absolute Gasteiger partial charge is 0.339 e. The molecule has 0 bridgehead atoms. The summed E-state index contributed by atoms with van der Waals surface area (Å²) in [6.07, 6.45) is 0. The number of carbonyl (C=O) groups excluding carboxylic acids is 1. The fourth-order valence-electron chi connectivity index (χ4n) is 2.10. The zero-order valence-electron chi connectivity index (χ0n) is 11.8. The second-order valence-electron chi connectivity index (χ2n) is 4.31. The van der Waals surface area contributed by atoms with Gasteiger partial charge in [0.25, 0.3) is 5.56 Å². The first-order valence-corrected chi connectivity index (χ1v) is 6.14. The van der Waals surface area contributed by atoms with E-state index >= 15 is 0 Å². The van der Waals surface area contributed by atoms with Crippen molar-refractivity contribution < 1.29 is 18.7 Å². The lowest BCUT2D eigenvalue weighted by Crippen LogP contribution is -2.23. The summed E-state index contributed by atoms with van der Waals surface area (Å²) in [5.41, 5.74) is 0.639. The van der Waals surface area contributed by atoms with Gasteiger partial charge >= 0.3 is 5.97 Å². The summed E-state index contributed by atoms with van der Waals surface area (Å²) < 4.78 is 24.3. The maximum atomic E-state index is 13.3. The molecular weight excluding hydrogens is 277 g/mol. The van der Waals surface area contributed by atoms with E-state index in [2.05, 4.69) is 4.74 Å². The lowest BCUT2D eigenvalue weighted by atomic mass is 10.1. The number of methoxy groups -OCH3 is 2. The molecule has 2 aromatic rings. The van der Waals surface area contributed by atoms with E-state index in [0.29, 0.717) is 11.4 Å². The van der Waals surface area contributed by atoms with Crippen LogP contribution in [0, 0.1) is 12.7 Å². The Labute approximate surface area is 120 Å². The Morgan fingerprint density at radius 3 is 2.52 bits per heavy atom. The number of carbonyl (C=O) groups is 1. The van der Waals surface area contributed by atoms with Crippen molar-refractivity contribution in [3.05, 3.63) is 57.8 Å². The Morgan fingerprint density at radius 1 is 1.19 bits per heavy atom. The van der Waals surface area contributed by atoms with E-state index in [1.54, 1.807) is 6.92 Å². The van der Waals surface area contributed by atoms with Crippen LogP contribution in [-0.2, 0) is 4.74 Å². The molecule has 1 heterocycles. The quantitative estimate of drug-likeness (QED) is 0.812. The van der Waals surface area contributed by atoms with E-state index in [1.165, 1.54) is 49.1 Å². The molecule has 0 aliphatic carbocycles. The van der Waals surface area contributed by atoms with E-state index in [4.69, 9.17) is 4.74 Å². The molecule has 0 amide bonds. The van der Waals surface area contributed by atoms with Crippen LogP contribution >= 0.6 is 0 Å². The van der Waals surface area contributed by atoms with Gasteiger partial charge in [0, 0.05) is 17.8 Å².